The summed E-state index contributed by atoms with van der Waals surface area (Å²) in [6, 6.07) is 14.5. The number of aliphatic imine (C=N–C) groups is 1. The van der Waals surface area contributed by atoms with E-state index in [9.17, 15) is 4.79 Å². The zero-order valence-corrected chi connectivity index (χ0v) is 18.9. The maximum atomic E-state index is 12.1. The molecule has 0 aliphatic carbocycles. The smallest absolute Gasteiger partial charge is 0.243 e. The molecule has 0 bridgehead atoms. The second kappa shape index (κ2) is 9.77. The van der Waals surface area contributed by atoms with Crippen molar-refractivity contribution in [3.8, 4) is 5.75 Å². The highest BCUT2D eigenvalue weighted by atomic mass is 16.5. The van der Waals surface area contributed by atoms with Crippen molar-refractivity contribution in [3.05, 3.63) is 65.4 Å². The molecule has 2 aromatic carbocycles. The van der Waals surface area contributed by atoms with Crippen LogP contribution in [0.5, 0.6) is 5.75 Å². The molecule has 32 heavy (non-hydrogen) atoms. The number of carbonyl (C=O) groups is 1. The van der Waals surface area contributed by atoms with Gasteiger partial charge in [0.2, 0.25) is 5.91 Å². The molecule has 0 saturated heterocycles. The minimum Gasteiger partial charge on any atom is -0.493 e. The number of likely N-dealkylation sites (N-methyl/N-ethyl adjacent to an activating group) is 1. The topological polar surface area (TPSA) is 81.8 Å². The molecule has 3 aromatic rings. The summed E-state index contributed by atoms with van der Waals surface area (Å²) in [4.78, 5) is 21.6. The number of ether oxygens (including phenoxy) is 1. The quantitative estimate of drug-likeness (QED) is 0.412. The van der Waals surface area contributed by atoms with Crippen LogP contribution in [-0.4, -0.2) is 55.5 Å². The van der Waals surface area contributed by atoms with Crippen LogP contribution >= 0.6 is 0 Å². The maximum absolute atomic E-state index is 12.1. The Bertz CT molecular complexity index is 1120. The highest BCUT2D eigenvalue weighted by Crippen LogP contribution is 2.31. The van der Waals surface area contributed by atoms with Crippen LogP contribution in [0.2, 0.25) is 0 Å². The minimum atomic E-state index is -0.0365. The fraction of sp³-hybridized carbons (Fsp3) is 0.360. The van der Waals surface area contributed by atoms with Crippen LogP contribution in [0, 0.1) is 6.92 Å². The van der Waals surface area contributed by atoms with E-state index in [1.807, 2.05) is 18.2 Å². The number of nitrogens with zero attached hydrogens (tertiary/aromatic N) is 2. The number of guanidine groups is 1. The largest absolute Gasteiger partial charge is 0.493 e. The van der Waals surface area contributed by atoms with Crippen LogP contribution < -0.4 is 15.4 Å². The summed E-state index contributed by atoms with van der Waals surface area (Å²) >= 11 is 0. The van der Waals surface area contributed by atoms with Gasteiger partial charge >= 0.3 is 0 Å². The molecule has 7 heteroatoms. The van der Waals surface area contributed by atoms with Gasteiger partial charge in [-0.1, -0.05) is 36.4 Å². The first-order chi connectivity index (χ1) is 15.5. The Morgan fingerprint density at radius 2 is 2.06 bits per heavy atom. The van der Waals surface area contributed by atoms with Crippen LogP contribution in [0.15, 0.2) is 53.7 Å². The second-order valence-electron chi connectivity index (χ2n) is 8.31. The van der Waals surface area contributed by atoms with Crippen LogP contribution in [-0.2, 0) is 11.2 Å². The van der Waals surface area contributed by atoms with E-state index in [0.717, 1.165) is 24.2 Å². The van der Waals surface area contributed by atoms with Gasteiger partial charge in [0.25, 0.3) is 0 Å². The lowest BCUT2D eigenvalue weighted by molar-refractivity contribution is -0.127. The van der Waals surface area contributed by atoms with E-state index in [-0.39, 0.29) is 18.5 Å². The first-order valence-electron chi connectivity index (χ1n) is 11.0. The molecule has 0 fully saturated rings. The summed E-state index contributed by atoms with van der Waals surface area (Å²) in [6.07, 6.45) is 3.76. The number of carbonyl (C=O) groups excluding carboxylic acids is 1. The van der Waals surface area contributed by atoms with E-state index in [1.54, 1.807) is 19.0 Å². The second-order valence-corrected chi connectivity index (χ2v) is 8.31. The molecule has 1 aromatic heterocycles. The molecule has 7 nitrogen and oxygen atoms in total. The monoisotopic (exact) mass is 433 g/mol. The zero-order chi connectivity index (χ0) is 22.5. The van der Waals surface area contributed by atoms with Crippen molar-refractivity contribution in [2.75, 3.05) is 33.8 Å². The molecule has 1 aliphatic rings. The number of aromatic amines is 1. The third kappa shape index (κ3) is 4.88. The molecule has 4 rings (SSSR count). The Balaban J connectivity index is 1.46. The number of aromatic nitrogens is 1. The van der Waals surface area contributed by atoms with Gasteiger partial charge in [-0.05, 0) is 30.5 Å². The molecule has 1 aliphatic heterocycles. The Kier molecular flexibility index (Phi) is 6.63. The number of amides is 1. The highest BCUT2D eigenvalue weighted by molar-refractivity contribution is 5.86. The van der Waals surface area contributed by atoms with E-state index < -0.39 is 0 Å². The Morgan fingerprint density at radius 3 is 2.91 bits per heavy atom. The first kappa shape index (κ1) is 21.7. The number of para-hydroxylation sites is 2. The number of hydrogen-bond donors (Lipinski definition) is 3. The van der Waals surface area contributed by atoms with Crippen molar-refractivity contribution >= 4 is 22.8 Å². The zero-order valence-electron chi connectivity index (χ0n) is 18.9. The van der Waals surface area contributed by atoms with Crippen LogP contribution in [0.3, 0.4) is 0 Å². The minimum absolute atomic E-state index is 0.0365. The van der Waals surface area contributed by atoms with Gasteiger partial charge in [-0.2, -0.15) is 0 Å². The first-order valence-corrected chi connectivity index (χ1v) is 11.0. The molecule has 0 saturated carbocycles. The number of fused-ring (bicyclic) bond motifs is 2. The van der Waals surface area contributed by atoms with E-state index >= 15 is 0 Å². The molecule has 3 N–H and O–H groups in total. The number of H-pyrrole nitrogens is 1. The van der Waals surface area contributed by atoms with Crippen molar-refractivity contribution in [1.29, 1.82) is 0 Å². The summed E-state index contributed by atoms with van der Waals surface area (Å²) in [7, 11) is 3.48. The predicted molar refractivity (Wildman–Crippen MR) is 128 cm³/mol. The van der Waals surface area contributed by atoms with Gasteiger partial charge in [-0.15, -0.1) is 0 Å². The number of hydrogen-bond acceptors (Lipinski definition) is 3. The van der Waals surface area contributed by atoms with Crippen LogP contribution in [0.4, 0.5) is 0 Å². The van der Waals surface area contributed by atoms with Gasteiger partial charge in [0.15, 0.2) is 5.96 Å². The fourth-order valence-electron chi connectivity index (χ4n) is 3.98. The van der Waals surface area contributed by atoms with E-state index in [0.29, 0.717) is 19.1 Å². The third-order valence-corrected chi connectivity index (χ3v) is 5.84. The van der Waals surface area contributed by atoms with Crippen molar-refractivity contribution < 1.29 is 9.53 Å². The Morgan fingerprint density at radius 1 is 1.22 bits per heavy atom. The van der Waals surface area contributed by atoms with Gasteiger partial charge < -0.3 is 25.3 Å². The highest BCUT2D eigenvalue weighted by Gasteiger charge is 2.22. The van der Waals surface area contributed by atoms with Gasteiger partial charge in [-0.25, -0.2) is 4.99 Å². The van der Waals surface area contributed by atoms with Crippen LogP contribution in [0.1, 0.15) is 29.2 Å². The number of aryl methyl sites for hydroxylation is 1. The molecular weight excluding hydrogens is 402 g/mol. The lowest BCUT2D eigenvalue weighted by Crippen LogP contribution is -2.42. The molecule has 1 atom stereocenters. The number of benzene rings is 2. The normalized spacial score (nSPS) is 15.7. The fourth-order valence-corrected chi connectivity index (χ4v) is 3.98. The van der Waals surface area contributed by atoms with E-state index in [1.165, 1.54) is 22.0 Å². The average Bonchev–Trinajstić information content (AvgIpc) is 3.21. The molecule has 1 unspecified atom stereocenters. The summed E-state index contributed by atoms with van der Waals surface area (Å²) < 4.78 is 5.78. The maximum Gasteiger partial charge on any atom is 0.243 e. The van der Waals surface area contributed by atoms with Crippen molar-refractivity contribution in [3.63, 3.8) is 0 Å². The number of rotatable bonds is 6. The Labute approximate surface area is 188 Å². The molecule has 0 radical (unpaired) electrons. The summed E-state index contributed by atoms with van der Waals surface area (Å²) in [5.74, 6) is 1.50. The molecule has 168 valence electrons. The third-order valence-electron chi connectivity index (χ3n) is 5.84. The lowest BCUT2D eigenvalue weighted by Gasteiger charge is -2.28. The summed E-state index contributed by atoms with van der Waals surface area (Å²) in [5, 5.41) is 8.19. The summed E-state index contributed by atoms with van der Waals surface area (Å²) in [5.41, 5.74) is 4.80. The lowest BCUT2D eigenvalue weighted by atomic mass is 10.0. The Hall–Kier alpha value is -3.48. The standard InChI is InChI=1S/C25H31N5O2/c1-17-7-6-9-19-18(15-27-24(17)19)11-13-26-25(28-16-23(31)30(2)3)29-21-12-14-32-22-10-5-4-8-20(21)22/h4-10,15,21,27H,11-14,16H2,1-3H3,(H2,26,28,29). The van der Waals surface area contributed by atoms with Crippen LogP contribution in [0.25, 0.3) is 10.9 Å². The van der Waals surface area contributed by atoms with Crippen molar-refractivity contribution in [1.82, 2.24) is 20.5 Å². The molecule has 2 heterocycles. The molecular formula is C25H31N5O2. The SMILES string of the molecule is Cc1cccc2c(CCNC(=NCC(=O)N(C)C)NC3CCOc4ccccc43)c[nH]c12. The van der Waals surface area contributed by atoms with Gasteiger partial charge in [0.1, 0.15) is 12.3 Å². The van der Waals surface area contributed by atoms with Gasteiger partial charge in [-0.3, -0.25) is 4.79 Å². The summed E-state index contributed by atoms with van der Waals surface area (Å²) in [6.45, 7) is 3.56. The van der Waals surface area contributed by atoms with Gasteiger partial charge in [0.05, 0.1) is 12.6 Å². The van der Waals surface area contributed by atoms with Gasteiger partial charge in [0, 0.05) is 49.7 Å². The molecule has 1 amide bonds. The molecule has 0 spiro atoms. The van der Waals surface area contributed by atoms with E-state index in [4.69, 9.17) is 4.74 Å². The predicted octanol–water partition coefficient (Wildman–Crippen LogP) is 3.17. The van der Waals surface area contributed by atoms with Crippen molar-refractivity contribution in [2.24, 2.45) is 4.99 Å². The van der Waals surface area contributed by atoms with Crippen molar-refractivity contribution in [2.45, 2.75) is 25.8 Å². The van der Waals surface area contributed by atoms with E-state index in [2.05, 4.69) is 58.0 Å². The number of nitrogens with one attached hydrogen (secondary N) is 3. The average molecular weight is 434 g/mol.